The SMILES string of the molecule is COc1ccc2[c](c1)[Ge]([CH3])([CH3])[c]1ccccc1-2. The van der Waals surface area contributed by atoms with Crippen molar-refractivity contribution in [2.45, 2.75) is 11.5 Å². The van der Waals surface area contributed by atoms with Crippen molar-refractivity contribution < 1.29 is 4.74 Å². The molecule has 1 aliphatic rings. The van der Waals surface area contributed by atoms with Crippen LogP contribution in [0.25, 0.3) is 11.1 Å². The molecule has 0 aliphatic carbocycles. The number of hydrogen-bond acceptors (Lipinski definition) is 1. The molecule has 0 bridgehead atoms. The molecule has 2 heteroatoms. The molecule has 2 aromatic rings. The van der Waals surface area contributed by atoms with Crippen LogP contribution in [0.3, 0.4) is 0 Å². The summed E-state index contributed by atoms with van der Waals surface area (Å²) in [5, 5.41) is 0. The van der Waals surface area contributed by atoms with Crippen molar-refractivity contribution in [3.63, 3.8) is 0 Å². The molecule has 3 rings (SSSR count). The molecule has 0 saturated carbocycles. The Hall–Kier alpha value is -1.22. The molecule has 0 atom stereocenters. The zero-order chi connectivity index (χ0) is 12.0. The topological polar surface area (TPSA) is 9.23 Å². The predicted octanol–water partition coefficient (Wildman–Crippen LogP) is 2.50. The summed E-state index contributed by atoms with van der Waals surface area (Å²) in [5.41, 5.74) is 2.86. The molecule has 0 amide bonds. The number of hydrogen-bond donors (Lipinski definition) is 0. The fourth-order valence-electron chi connectivity index (χ4n) is 2.81. The van der Waals surface area contributed by atoms with Gasteiger partial charge >= 0.3 is 105 Å². The minimum atomic E-state index is -2.06. The van der Waals surface area contributed by atoms with Crippen LogP contribution in [0, 0.1) is 0 Å². The summed E-state index contributed by atoms with van der Waals surface area (Å²) in [5.74, 6) is 5.91. The molecule has 86 valence electrons. The van der Waals surface area contributed by atoms with E-state index in [-0.39, 0.29) is 0 Å². The van der Waals surface area contributed by atoms with Gasteiger partial charge < -0.3 is 0 Å². The molecule has 0 saturated heterocycles. The van der Waals surface area contributed by atoms with Crippen LogP contribution in [0.5, 0.6) is 5.75 Å². The monoisotopic (exact) mass is 286 g/mol. The molecule has 0 unspecified atom stereocenters. The van der Waals surface area contributed by atoms with Crippen LogP contribution in [-0.2, 0) is 0 Å². The maximum absolute atomic E-state index is 5.36. The van der Waals surface area contributed by atoms with Gasteiger partial charge in [0.2, 0.25) is 0 Å². The molecule has 0 radical (unpaired) electrons. The molecular formula is C15H16GeO. The van der Waals surface area contributed by atoms with E-state index in [4.69, 9.17) is 4.74 Å². The summed E-state index contributed by atoms with van der Waals surface area (Å²) in [4.78, 5) is 0. The van der Waals surface area contributed by atoms with Gasteiger partial charge in [-0.15, -0.1) is 0 Å². The Balaban J connectivity index is 2.32. The fraction of sp³-hybridized carbons (Fsp3) is 0.200. The summed E-state index contributed by atoms with van der Waals surface area (Å²) >= 11 is -2.06. The van der Waals surface area contributed by atoms with Crippen molar-refractivity contribution in [1.29, 1.82) is 0 Å². The van der Waals surface area contributed by atoms with E-state index in [1.165, 1.54) is 11.1 Å². The van der Waals surface area contributed by atoms with Crippen LogP contribution in [0.2, 0.25) is 11.5 Å². The third-order valence-corrected chi connectivity index (χ3v) is 11.2. The van der Waals surface area contributed by atoms with Crippen LogP contribution in [0.15, 0.2) is 42.5 Å². The van der Waals surface area contributed by atoms with Crippen LogP contribution in [0.1, 0.15) is 0 Å². The molecule has 0 spiro atoms. The number of methoxy groups -OCH3 is 1. The maximum atomic E-state index is 5.36. The molecule has 2 aromatic carbocycles. The molecule has 1 nitrogen and oxygen atoms in total. The van der Waals surface area contributed by atoms with Crippen molar-refractivity contribution in [2.24, 2.45) is 0 Å². The zero-order valence-electron chi connectivity index (χ0n) is 10.4. The second kappa shape index (κ2) is 3.64. The summed E-state index contributed by atoms with van der Waals surface area (Å²) in [7, 11) is 1.74. The van der Waals surface area contributed by atoms with Crippen molar-refractivity contribution in [1.82, 2.24) is 0 Å². The quantitative estimate of drug-likeness (QED) is 0.731. The van der Waals surface area contributed by atoms with Crippen LogP contribution < -0.4 is 13.5 Å². The molecular weight excluding hydrogens is 269 g/mol. The van der Waals surface area contributed by atoms with E-state index >= 15 is 0 Å². The molecule has 0 aromatic heterocycles. The Morgan fingerprint density at radius 2 is 1.59 bits per heavy atom. The number of fused-ring (bicyclic) bond motifs is 3. The first-order valence-electron chi connectivity index (χ1n) is 5.93. The van der Waals surface area contributed by atoms with E-state index in [9.17, 15) is 0 Å². The third-order valence-electron chi connectivity index (χ3n) is 3.79. The molecule has 0 fully saturated rings. The van der Waals surface area contributed by atoms with Crippen molar-refractivity contribution in [2.75, 3.05) is 7.11 Å². The van der Waals surface area contributed by atoms with Gasteiger partial charge in [-0.3, -0.25) is 0 Å². The average Bonchev–Trinajstić information content (AvgIpc) is 2.59. The first kappa shape index (κ1) is 10.9. The average molecular weight is 285 g/mol. The van der Waals surface area contributed by atoms with Gasteiger partial charge in [0, 0.05) is 0 Å². The van der Waals surface area contributed by atoms with Gasteiger partial charge in [-0.05, 0) is 0 Å². The molecule has 17 heavy (non-hydrogen) atoms. The number of rotatable bonds is 1. The summed E-state index contributed by atoms with van der Waals surface area (Å²) < 4.78 is 8.50. The van der Waals surface area contributed by atoms with Gasteiger partial charge in [-0.2, -0.15) is 0 Å². The van der Waals surface area contributed by atoms with Gasteiger partial charge in [0.05, 0.1) is 0 Å². The van der Waals surface area contributed by atoms with Crippen LogP contribution >= 0.6 is 0 Å². The van der Waals surface area contributed by atoms with E-state index in [0.29, 0.717) is 0 Å². The van der Waals surface area contributed by atoms with Gasteiger partial charge in [0.25, 0.3) is 0 Å². The molecule has 0 N–H and O–H groups in total. The Labute approximate surface area is 105 Å². The molecule has 1 heterocycles. The Morgan fingerprint density at radius 1 is 0.882 bits per heavy atom. The third kappa shape index (κ3) is 1.45. The van der Waals surface area contributed by atoms with Crippen molar-refractivity contribution in [3.05, 3.63) is 42.5 Å². The Morgan fingerprint density at radius 3 is 2.35 bits per heavy atom. The van der Waals surface area contributed by atoms with E-state index in [0.717, 1.165) is 5.75 Å². The zero-order valence-corrected chi connectivity index (χ0v) is 12.5. The number of ether oxygens (including phenoxy) is 1. The van der Waals surface area contributed by atoms with E-state index in [1.807, 2.05) is 0 Å². The fourth-order valence-corrected chi connectivity index (χ4v) is 9.29. The summed E-state index contributed by atoms with van der Waals surface area (Å²) in [6.07, 6.45) is 0. The minimum absolute atomic E-state index is 0.982. The first-order chi connectivity index (χ1) is 8.14. The van der Waals surface area contributed by atoms with Crippen LogP contribution in [0.4, 0.5) is 0 Å². The van der Waals surface area contributed by atoms with Crippen LogP contribution in [-0.4, -0.2) is 20.4 Å². The first-order valence-corrected chi connectivity index (χ1v) is 12.2. The second-order valence-corrected chi connectivity index (χ2v) is 14.2. The summed E-state index contributed by atoms with van der Waals surface area (Å²) in [6, 6.07) is 15.4. The molecule has 1 aliphatic heterocycles. The van der Waals surface area contributed by atoms with Gasteiger partial charge in [0.1, 0.15) is 0 Å². The van der Waals surface area contributed by atoms with Gasteiger partial charge in [0.15, 0.2) is 0 Å². The normalized spacial score (nSPS) is 15.2. The Kier molecular flexibility index (Phi) is 2.33. The van der Waals surface area contributed by atoms with Crippen molar-refractivity contribution >= 4 is 22.1 Å². The Bertz CT molecular complexity index is 587. The van der Waals surface area contributed by atoms with Gasteiger partial charge in [-0.25, -0.2) is 0 Å². The van der Waals surface area contributed by atoms with E-state index in [1.54, 1.807) is 15.9 Å². The predicted molar refractivity (Wildman–Crippen MR) is 75.2 cm³/mol. The van der Waals surface area contributed by atoms with E-state index < -0.39 is 13.3 Å². The number of benzene rings is 2. The second-order valence-electron chi connectivity index (χ2n) is 5.08. The van der Waals surface area contributed by atoms with E-state index in [2.05, 4.69) is 54.0 Å². The van der Waals surface area contributed by atoms with Gasteiger partial charge in [-0.1, -0.05) is 0 Å². The standard InChI is InChI=1S/C15H16GeO/c1-16(2)14-7-5-4-6-12(14)13-9-8-11(17-3)10-15(13)16/h4-10H,1-3H3. The summed E-state index contributed by atoms with van der Waals surface area (Å²) in [6.45, 7) is 0. The van der Waals surface area contributed by atoms with Crippen molar-refractivity contribution in [3.8, 4) is 16.9 Å².